The first-order valence-electron chi connectivity index (χ1n) is 10.7. The Balaban J connectivity index is 1.42. The minimum absolute atomic E-state index is 0.0426. The monoisotopic (exact) mass is 458 g/mol. The van der Waals surface area contributed by atoms with Gasteiger partial charge < -0.3 is 19.4 Å². The van der Waals surface area contributed by atoms with Gasteiger partial charge in [-0.15, -0.1) is 5.10 Å². The summed E-state index contributed by atoms with van der Waals surface area (Å²) >= 11 is 6.34. The van der Waals surface area contributed by atoms with E-state index in [-0.39, 0.29) is 23.8 Å². The Morgan fingerprint density at radius 1 is 1.34 bits per heavy atom. The van der Waals surface area contributed by atoms with E-state index in [1.165, 1.54) is 4.68 Å². The summed E-state index contributed by atoms with van der Waals surface area (Å²) in [5, 5.41) is 7.73. The van der Waals surface area contributed by atoms with E-state index in [0.29, 0.717) is 53.9 Å². The molecule has 0 bridgehead atoms. The molecule has 2 atom stereocenters. The van der Waals surface area contributed by atoms with Crippen molar-refractivity contribution in [2.24, 2.45) is 13.0 Å². The molecule has 0 aliphatic carbocycles. The van der Waals surface area contributed by atoms with Crippen molar-refractivity contribution in [2.45, 2.75) is 33.2 Å². The molecule has 4 rings (SSSR count). The average molecular weight is 459 g/mol. The van der Waals surface area contributed by atoms with Gasteiger partial charge >= 0.3 is 0 Å². The van der Waals surface area contributed by atoms with E-state index >= 15 is 0 Å². The zero-order chi connectivity index (χ0) is 23.0. The second-order valence-corrected chi connectivity index (χ2v) is 8.60. The number of hydrogen-bond acceptors (Lipinski definition) is 5. The third-order valence-corrected chi connectivity index (χ3v) is 6.16. The number of nitrogens with one attached hydrogen (secondary N) is 1. The van der Waals surface area contributed by atoms with Crippen LogP contribution in [-0.2, 0) is 7.05 Å². The maximum atomic E-state index is 13.2. The summed E-state index contributed by atoms with van der Waals surface area (Å²) in [4.78, 5) is 32.0. The number of aryl methyl sites for hydroxylation is 2. The van der Waals surface area contributed by atoms with Gasteiger partial charge in [-0.25, -0.2) is 4.98 Å². The van der Waals surface area contributed by atoms with E-state index in [1.807, 2.05) is 30.1 Å². The van der Waals surface area contributed by atoms with Crippen LogP contribution in [0.5, 0.6) is 5.88 Å². The smallest absolute Gasteiger partial charge is 0.269 e. The molecule has 1 N–H and O–H groups in total. The fourth-order valence-electron chi connectivity index (χ4n) is 4.12. The van der Waals surface area contributed by atoms with E-state index in [1.54, 1.807) is 31.6 Å². The Bertz CT molecular complexity index is 1170. The lowest BCUT2D eigenvalue weighted by atomic mass is 9.93. The number of ether oxygens (including phenoxy) is 1. The van der Waals surface area contributed by atoms with Crippen molar-refractivity contribution >= 4 is 29.1 Å². The molecule has 0 spiro atoms. The van der Waals surface area contributed by atoms with Gasteiger partial charge in [0.1, 0.15) is 5.69 Å². The number of pyridine rings is 1. The Morgan fingerprint density at radius 3 is 2.84 bits per heavy atom. The number of rotatable bonds is 5. The van der Waals surface area contributed by atoms with Gasteiger partial charge in [-0.2, -0.15) is 0 Å². The number of amides is 2. The summed E-state index contributed by atoms with van der Waals surface area (Å²) in [7, 11) is 1.71. The van der Waals surface area contributed by atoms with Gasteiger partial charge in [-0.05, 0) is 32.3 Å². The topological polar surface area (TPSA) is 93.8 Å². The average Bonchev–Trinajstić information content (AvgIpc) is 3.32. The molecule has 0 radical (unpaired) electrons. The number of halogens is 1. The predicted molar refractivity (Wildman–Crippen MR) is 120 cm³/mol. The number of imidazole rings is 1. The molecular weight excluding hydrogens is 432 g/mol. The molecule has 0 aromatic carbocycles. The lowest BCUT2D eigenvalue weighted by molar-refractivity contribution is 0.0631. The summed E-state index contributed by atoms with van der Waals surface area (Å²) in [6, 6.07) is 3.27. The number of carbonyl (C=O) groups excluding carboxylic acids is 2. The predicted octanol–water partition coefficient (Wildman–Crippen LogP) is 2.71. The minimum Gasteiger partial charge on any atom is -0.477 e. The highest BCUT2D eigenvalue weighted by Crippen LogP contribution is 2.24. The third-order valence-electron chi connectivity index (χ3n) is 5.88. The van der Waals surface area contributed by atoms with Gasteiger partial charge in [0.25, 0.3) is 11.8 Å². The number of piperidine rings is 1. The van der Waals surface area contributed by atoms with E-state index in [4.69, 9.17) is 16.3 Å². The highest BCUT2D eigenvalue weighted by atomic mass is 35.5. The fraction of sp³-hybridized carbons (Fsp3) is 0.455. The summed E-state index contributed by atoms with van der Waals surface area (Å²) in [5.41, 5.74) is 2.52. The van der Waals surface area contributed by atoms with Crippen molar-refractivity contribution in [1.29, 1.82) is 0 Å². The number of carbonyl (C=O) groups is 2. The van der Waals surface area contributed by atoms with Crippen molar-refractivity contribution in [1.82, 2.24) is 29.4 Å². The molecule has 32 heavy (non-hydrogen) atoms. The van der Waals surface area contributed by atoms with Crippen LogP contribution >= 0.6 is 11.6 Å². The second kappa shape index (κ2) is 8.82. The van der Waals surface area contributed by atoms with Gasteiger partial charge in [0, 0.05) is 50.3 Å². The first-order chi connectivity index (χ1) is 15.3. The minimum atomic E-state index is -0.199. The molecule has 10 heteroatoms. The molecule has 1 saturated heterocycles. The van der Waals surface area contributed by atoms with Gasteiger partial charge in [0.05, 0.1) is 17.2 Å². The molecular formula is C22H27ClN6O3. The molecule has 3 aromatic heterocycles. The molecule has 1 fully saturated rings. The standard InChI is InChI=1S/C22H27ClN6O3/c1-5-32-19-9-18(27(4)26-19)21(30)25-17-6-7-28(11-13(17)2)22(31)15-8-16(23)20-24-10-14(3)29(20)12-15/h8-10,12-13,17H,5-7,11H2,1-4H3,(H,25,30)/t13-,17+/m0/s1. The van der Waals surface area contributed by atoms with Crippen LogP contribution < -0.4 is 10.1 Å². The lowest BCUT2D eigenvalue weighted by Crippen LogP contribution is -2.51. The van der Waals surface area contributed by atoms with Crippen molar-refractivity contribution in [3.8, 4) is 5.88 Å². The summed E-state index contributed by atoms with van der Waals surface area (Å²) in [5.74, 6) is 0.240. The Hall–Kier alpha value is -3.07. The van der Waals surface area contributed by atoms with Crippen LogP contribution in [0.25, 0.3) is 5.65 Å². The highest BCUT2D eigenvalue weighted by molar-refractivity contribution is 6.33. The first-order valence-corrected chi connectivity index (χ1v) is 11.1. The van der Waals surface area contributed by atoms with Crippen molar-refractivity contribution in [2.75, 3.05) is 19.7 Å². The zero-order valence-electron chi connectivity index (χ0n) is 18.6. The molecule has 2 amide bonds. The molecule has 0 unspecified atom stereocenters. The van der Waals surface area contributed by atoms with Crippen LogP contribution in [-0.4, -0.2) is 61.6 Å². The maximum absolute atomic E-state index is 13.2. The molecule has 3 aromatic rings. The van der Waals surface area contributed by atoms with Crippen LogP contribution in [0.1, 0.15) is 46.8 Å². The Kier molecular flexibility index (Phi) is 6.10. The number of hydrogen-bond donors (Lipinski definition) is 1. The summed E-state index contributed by atoms with van der Waals surface area (Å²) < 4.78 is 8.72. The van der Waals surface area contributed by atoms with Crippen LogP contribution in [0.2, 0.25) is 5.02 Å². The normalized spacial score (nSPS) is 18.7. The van der Waals surface area contributed by atoms with Crippen LogP contribution in [0.4, 0.5) is 0 Å². The number of likely N-dealkylation sites (tertiary alicyclic amines) is 1. The third kappa shape index (κ3) is 4.17. The van der Waals surface area contributed by atoms with Gasteiger partial charge in [-0.3, -0.25) is 14.3 Å². The fourth-order valence-corrected chi connectivity index (χ4v) is 4.38. The number of nitrogens with zero attached hydrogens (tertiary/aromatic N) is 5. The van der Waals surface area contributed by atoms with Crippen molar-refractivity contribution < 1.29 is 14.3 Å². The van der Waals surface area contributed by atoms with Crippen LogP contribution in [0.15, 0.2) is 24.5 Å². The first kappa shape index (κ1) is 22.1. The largest absolute Gasteiger partial charge is 0.477 e. The van der Waals surface area contributed by atoms with Gasteiger partial charge in [-0.1, -0.05) is 18.5 Å². The van der Waals surface area contributed by atoms with E-state index < -0.39 is 0 Å². The van der Waals surface area contributed by atoms with Crippen molar-refractivity contribution in [3.63, 3.8) is 0 Å². The molecule has 1 aliphatic rings. The quantitative estimate of drug-likeness (QED) is 0.634. The SMILES string of the molecule is CCOc1cc(C(=O)N[C@@H]2CCN(C(=O)c3cc(Cl)c4ncc(C)n4c3)C[C@@H]2C)n(C)n1. The lowest BCUT2D eigenvalue weighted by Gasteiger charge is -2.37. The van der Waals surface area contributed by atoms with Crippen molar-refractivity contribution in [3.05, 3.63) is 46.5 Å². The molecule has 9 nitrogen and oxygen atoms in total. The van der Waals surface area contributed by atoms with E-state index in [2.05, 4.69) is 15.4 Å². The van der Waals surface area contributed by atoms with Crippen LogP contribution in [0, 0.1) is 12.8 Å². The van der Waals surface area contributed by atoms with E-state index in [0.717, 1.165) is 5.69 Å². The van der Waals surface area contributed by atoms with Crippen LogP contribution in [0.3, 0.4) is 0 Å². The second-order valence-electron chi connectivity index (χ2n) is 8.19. The summed E-state index contributed by atoms with van der Waals surface area (Å²) in [6.07, 6.45) is 4.17. The van der Waals surface area contributed by atoms with Gasteiger partial charge in [0.2, 0.25) is 5.88 Å². The van der Waals surface area contributed by atoms with E-state index in [9.17, 15) is 9.59 Å². The molecule has 4 heterocycles. The summed E-state index contributed by atoms with van der Waals surface area (Å²) in [6.45, 7) is 7.39. The maximum Gasteiger partial charge on any atom is 0.269 e. The molecule has 170 valence electrons. The van der Waals surface area contributed by atoms with Gasteiger partial charge in [0.15, 0.2) is 5.65 Å². The number of aromatic nitrogens is 4. The Labute approximate surface area is 191 Å². The molecule has 1 aliphatic heterocycles. The zero-order valence-corrected chi connectivity index (χ0v) is 19.4. The Morgan fingerprint density at radius 2 is 2.12 bits per heavy atom. The highest BCUT2D eigenvalue weighted by Gasteiger charge is 2.31. The number of fused-ring (bicyclic) bond motifs is 1. The molecule has 0 saturated carbocycles.